The number of hydrogen-bond acceptors (Lipinski definition) is 4. The zero-order valence-electron chi connectivity index (χ0n) is 10.9. The first-order valence-electron chi connectivity index (χ1n) is 6.42. The lowest BCUT2D eigenvalue weighted by Crippen LogP contribution is -2.38. The van der Waals surface area contributed by atoms with Gasteiger partial charge >= 0.3 is 0 Å². The number of hydrogen-bond donors (Lipinski definition) is 1. The van der Waals surface area contributed by atoms with Crippen molar-refractivity contribution in [2.75, 3.05) is 13.1 Å². The summed E-state index contributed by atoms with van der Waals surface area (Å²) in [7, 11) is 0. The number of carbonyl (C=O) groups is 1. The van der Waals surface area contributed by atoms with Crippen molar-refractivity contribution in [1.29, 1.82) is 0 Å². The summed E-state index contributed by atoms with van der Waals surface area (Å²) in [6, 6.07) is 5.04. The van der Waals surface area contributed by atoms with Gasteiger partial charge in [0.05, 0.1) is 9.40 Å². The average Bonchev–Trinajstić information content (AvgIpc) is 2.41. The maximum atomic E-state index is 11.1. The molecule has 1 fully saturated rings. The molecular formula is C13H16BrN3O3. The van der Waals surface area contributed by atoms with Gasteiger partial charge in [-0.3, -0.25) is 19.8 Å². The van der Waals surface area contributed by atoms with Crippen LogP contribution in [-0.4, -0.2) is 28.8 Å². The maximum absolute atomic E-state index is 11.1. The molecule has 1 amide bonds. The first-order chi connectivity index (χ1) is 9.49. The summed E-state index contributed by atoms with van der Waals surface area (Å²) in [5.74, 6) is -0.277. The molecule has 1 aliphatic rings. The normalized spacial score (nSPS) is 17.1. The van der Waals surface area contributed by atoms with E-state index in [0.29, 0.717) is 11.0 Å². The van der Waals surface area contributed by atoms with Gasteiger partial charge in [0.2, 0.25) is 5.91 Å². The molecule has 2 N–H and O–H groups in total. The lowest BCUT2D eigenvalue weighted by molar-refractivity contribution is -0.385. The number of nitrogens with zero attached hydrogens (tertiary/aromatic N) is 2. The lowest BCUT2D eigenvalue weighted by Gasteiger charge is -2.30. The number of primary amides is 1. The van der Waals surface area contributed by atoms with Gasteiger partial charge in [-0.25, -0.2) is 0 Å². The minimum Gasteiger partial charge on any atom is -0.369 e. The van der Waals surface area contributed by atoms with Crippen molar-refractivity contribution in [3.63, 3.8) is 0 Å². The molecule has 1 aromatic rings. The second kappa shape index (κ2) is 6.32. The molecule has 0 spiro atoms. The highest BCUT2D eigenvalue weighted by Crippen LogP contribution is 2.30. The Labute approximate surface area is 125 Å². The molecule has 2 rings (SSSR count). The molecule has 7 heteroatoms. The van der Waals surface area contributed by atoms with Crippen LogP contribution in [0.4, 0.5) is 5.69 Å². The third kappa shape index (κ3) is 3.34. The summed E-state index contributed by atoms with van der Waals surface area (Å²) in [6.07, 6.45) is 1.50. The number of nitrogens with two attached hydrogens (primary N) is 1. The van der Waals surface area contributed by atoms with Crippen LogP contribution in [0.1, 0.15) is 18.4 Å². The van der Waals surface area contributed by atoms with Crippen molar-refractivity contribution in [1.82, 2.24) is 4.90 Å². The molecule has 0 aliphatic carbocycles. The van der Waals surface area contributed by atoms with Gasteiger partial charge in [-0.05, 0) is 47.4 Å². The Hall–Kier alpha value is -1.47. The Balaban J connectivity index is 2.03. The van der Waals surface area contributed by atoms with E-state index in [4.69, 9.17) is 5.73 Å². The summed E-state index contributed by atoms with van der Waals surface area (Å²) in [4.78, 5) is 23.8. The monoisotopic (exact) mass is 341 g/mol. The molecule has 1 heterocycles. The van der Waals surface area contributed by atoms with Crippen LogP contribution in [0.15, 0.2) is 22.7 Å². The third-order valence-corrected chi connectivity index (χ3v) is 4.55. The summed E-state index contributed by atoms with van der Waals surface area (Å²) in [6.45, 7) is 2.19. The van der Waals surface area contributed by atoms with E-state index >= 15 is 0 Å². The highest BCUT2D eigenvalue weighted by Gasteiger charge is 2.24. The lowest BCUT2D eigenvalue weighted by atomic mass is 9.96. The fourth-order valence-corrected chi connectivity index (χ4v) is 2.98. The predicted octanol–water partition coefficient (Wildman–Crippen LogP) is 2.05. The van der Waals surface area contributed by atoms with Crippen molar-refractivity contribution in [2.45, 2.75) is 19.4 Å². The van der Waals surface area contributed by atoms with Gasteiger partial charge in [0, 0.05) is 18.5 Å². The second-order valence-electron chi connectivity index (χ2n) is 4.96. The van der Waals surface area contributed by atoms with Crippen LogP contribution in [0.5, 0.6) is 0 Å². The largest absolute Gasteiger partial charge is 0.369 e. The standard InChI is InChI=1S/C13H16BrN3O3/c14-12-10(2-1-3-11(12)17(19)20)8-16-6-4-9(5-7-16)13(15)18/h1-3,9H,4-8H2,(H2,15,18). The molecule has 6 nitrogen and oxygen atoms in total. The van der Waals surface area contributed by atoms with Crippen LogP contribution in [0.3, 0.4) is 0 Å². The smallest absolute Gasteiger partial charge is 0.283 e. The highest BCUT2D eigenvalue weighted by molar-refractivity contribution is 9.10. The molecule has 0 bridgehead atoms. The molecule has 0 radical (unpaired) electrons. The summed E-state index contributed by atoms with van der Waals surface area (Å²) < 4.78 is 0.530. The number of piperidine rings is 1. The Morgan fingerprint density at radius 3 is 2.65 bits per heavy atom. The minimum atomic E-state index is -0.396. The molecule has 0 aromatic heterocycles. The Bertz CT molecular complexity index is 528. The van der Waals surface area contributed by atoms with E-state index in [1.54, 1.807) is 6.07 Å². The predicted molar refractivity (Wildman–Crippen MR) is 78.0 cm³/mol. The van der Waals surface area contributed by atoms with Crippen molar-refractivity contribution >= 4 is 27.5 Å². The van der Waals surface area contributed by atoms with Crippen LogP contribution < -0.4 is 5.73 Å². The van der Waals surface area contributed by atoms with Crippen molar-refractivity contribution in [3.8, 4) is 0 Å². The number of nitro groups is 1. The van der Waals surface area contributed by atoms with Crippen LogP contribution in [0.2, 0.25) is 0 Å². The van der Waals surface area contributed by atoms with Gasteiger partial charge < -0.3 is 5.73 Å². The average molecular weight is 342 g/mol. The Kier molecular flexibility index (Phi) is 4.72. The molecule has 1 saturated heterocycles. The van der Waals surface area contributed by atoms with Gasteiger partial charge in [-0.2, -0.15) is 0 Å². The number of likely N-dealkylation sites (tertiary alicyclic amines) is 1. The summed E-state index contributed by atoms with van der Waals surface area (Å²) >= 11 is 3.30. The molecule has 0 unspecified atom stereocenters. The van der Waals surface area contributed by atoms with Gasteiger partial charge in [-0.15, -0.1) is 0 Å². The van der Waals surface area contributed by atoms with E-state index in [1.165, 1.54) is 6.07 Å². The van der Waals surface area contributed by atoms with Crippen molar-refractivity contribution in [2.24, 2.45) is 11.7 Å². The van der Waals surface area contributed by atoms with Gasteiger partial charge in [-0.1, -0.05) is 12.1 Å². The number of amides is 1. The second-order valence-corrected chi connectivity index (χ2v) is 5.75. The van der Waals surface area contributed by atoms with Crippen molar-refractivity contribution in [3.05, 3.63) is 38.3 Å². The first-order valence-corrected chi connectivity index (χ1v) is 7.21. The molecule has 1 aliphatic heterocycles. The number of rotatable bonds is 4. The van der Waals surface area contributed by atoms with E-state index in [1.807, 2.05) is 6.07 Å². The van der Waals surface area contributed by atoms with E-state index in [9.17, 15) is 14.9 Å². The zero-order chi connectivity index (χ0) is 14.7. The van der Waals surface area contributed by atoms with E-state index in [-0.39, 0.29) is 17.5 Å². The topological polar surface area (TPSA) is 89.5 Å². The number of benzene rings is 1. The van der Waals surface area contributed by atoms with Crippen molar-refractivity contribution < 1.29 is 9.72 Å². The maximum Gasteiger partial charge on any atom is 0.283 e. The third-order valence-electron chi connectivity index (χ3n) is 3.64. The molecule has 20 heavy (non-hydrogen) atoms. The number of halogens is 1. The van der Waals surface area contributed by atoms with Gasteiger partial charge in [0.1, 0.15) is 0 Å². The van der Waals surface area contributed by atoms with E-state index in [0.717, 1.165) is 31.5 Å². The van der Waals surface area contributed by atoms with Gasteiger partial charge in [0.15, 0.2) is 0 Å². The Morgan fingerprint density at radius 2 is 2.10 bits per heavy atom. The Morgan fingerprint density at radius 1 is 1.45 bits per heavy atom. The molecule has 0 saturated carbocycles. The fraction of sp³-hybridized carbons (Fsp3) is 0.462. The zero-order valence-corrected chi connectivity index (χ0v) is 12.5. The number of carbonyl (C=O) groups excluding carboxylic acids is 1. The fourth-order valence-electron chi connectivity index (χ4n) is 2.45. The van der Waals surface area contributed by atoms with E-state index in [2.05, 4.69) is 20.8 Å². The summed E-state index contributed by atoms with van der Waals surface area (Å²) in [5, 5.41) is 10.9. The molecular weight excluding hydrogens is 326 g/mol. The molecule has 1 aromatic carbocycles. The SMILES string of the molecule is NC(=O)C1CCN(Cc2cccc([N+](=O)[O-])c2Br)CC1. The highest BCUT2D eigenvalue weighted by atomic mass is 79.9. The van der Waals surface area contributed by atoms with Crippen LogP contribution in [0, 0.1) is 16.0 Å². The number of nitro benzene ring substituents is 1. The van der Waals surface area contributed by atoms with Crippen LogP contribution >= 0.6 is 15.9 Å². The van der Waals surface area contributed by atoms with E-state index < -0.39 is 4.92 Å². The van der Waals surface area contributed by atoms with Crippen LogP contribution in [-0.2, 0) is 11.3 Å². The van der Waals surface area contributed by atoms with Crippen LogP contribution in [0.25, 0.3) is 0 Å². The minimum absolute atomic E-state index is 0.0419. The molecule has 0 atom stereocenters. The molecule has 108 valence electrons. The quantitative estimate of drug-likeness (QED) is 0.670. The summed E-state index contributed by atoms with van der Waals surface area (Å²) in [5.41, 5.74) is 6.27. The first kappa shape index (κ1) is 14.9. The van der Waals surface area contributed by atoms with Gasteiger partial charge in [0.25, 0.3) is 5.69 Å².